The molecule has 130 valence electrons. The smallest absolute Gasteiger partial charge is 0.248 e. The number of nitrogens with zero attached hydrogens (tertiary/aromatic N) is 2. The van der Waals surface area contributed by atoms with Crippen molar-refractivity contribution < 1.29 is 17.9 Å². The predicted molar refractivity (Wildman–Crippen MR) is 96.6 cm³/mol. The highest BCUT2D eigenvalue weighted by molar-refractivity contribution is 8.16. The van der Waals surface area contributed by atoms with Gasteiger partial charge in [-0.2, -0.15) is 4.99 Å². The van der Waals surface area contributed by atoms with Crippen LogP contribution in [0.1, 0.15) is 19.8 Å². The molecule has 2 aliphatic heterocycles. The summed E-state index contributed by atoms with van der Waals surface area (Å²) < 4.78 is 29.5. The number of amidine groups is 1. The van der Waals surface area contributed by atoms with Crippen molar-refractivity contribution in [3.63, 3.8) is 0 Å². The summed E-state index contributed by atoms with van der Waals surface area (Å²) in [4.78, 5) is 18.1. The summed E-state index contributed by atoms with van der Waals surface area (Å²) in [6.45, 7) is 1.93. The van der Waals surface area contributed by atoms with E-state index < -0.39 is 9.84 Å². The number of rotatable bonds is 4. The van der Waals surface area contributed by atoms with Crippen LogP contribution in [-0.4, -0.2) is 49.4 Å². The zero-order chi connectivity index (χ0) is 17.3. The average Bonchev–Trinajstić information content (AvgIpc) is 2.98. The molecule has 0 aliphatic carbocycles. The molecule has 0 spiro atoms. The van der Waals surface area contributed by atoms with Gasteiger partial charge in [0, 0.05) is 11.7 Å². The monoisotopic (exact) mass is 368 g/mol. The molecule has 2 aliphatic rings. The molecule has 0 saturated carbocycles. The fourth-order valence-corrected chi connectivity index (χ4v) is 6.98. The molecule has 0 N–H and O–H groups in total. The number of carbonyl (C=O) groups excluding carboxylic acids is 1. The maximum Gasteiger partial charge on any atom is 0.248 e. The molecule has 1 amide bonds. The van der Waals surface area contributed by atoms with Gasteiger partial charge in [-0.1, -0.05) is 30.8 Å². The van der Waals surface area contributed by atoms with E-state index in [0.29, 0.717) is 17.3 Å². The standard InChI is InChI=1S/C16H20N2O4S2/c1-3-6-15(19)17-16-18(11-7-4-5-8-13(11)22-2)12-9-24(20,21)10-14(12)23-16/h4-5,7-8,12,14H,3,6,9-10H2,1-2H3/t12-,14+/m0/s1. The van der Waals surface area contributed by atoms with Gasteiger partial charge in [0.25, 0.3) is 0 Å². The number of ether oxygens (including phenoxy) is 1. The van der Waals surface area contributed by atoms with Gasteiger partial charge < -0.3 is 9.64 Å². The molecule has 1 aromatic rings. The fraction of sp³-hybridized carbons (Fsp3) is 0.500. The molecular weight excluding hydrogens is 348 g/mol. The van der Waals surface area contributed by atoms with Crippen LogP contribution in [0.4, 0.5) is 5.69 Å². The second-order valence-electron chi connectivity index (χ2n) is 5.88. The first-order chi connectivity index (χ1) is 11.4. The maximum atomic E-state index is 12.0. The van der Waals surface area contributed by atoms with Crippen LogP contribution in [0.5, 0.6) is 5.75 Å². The van der Waals surface area contributed by atoms with Crippen LogP contribution < -0.4 is 9.64 Å². The minimum absolute atomic E-state index is 0.0731. The normalized spacial score (nSPS) is 26.6. The average molecular weight is 368 g/mol. The van der Waals surface area contributed by atoms with Crippen LogP contribution in [-0.2, 0) is 14.6 Å². The van der Waals surface area contributed by atoms with Gasteiger partial charge in [-0.15, -0.1) is 0 Å². The number of anilines is 1. The highest BCUT2D eigenvalue weighted by atomic mass is 32.2. The Balaban J connectivity index is 2.03. The van der Waals surface area contributed by atoms with Crippen molar-refractivity contribution in [2.45, 2.75) is 31.1 Å². The first-order valence-corrected chi connectivity index (χ1v) is 10.6. The maximum absolute atomic E-state index is 12.0. The van der Waals surface area contributed by atoms with E-state index in [-0.39, 0.29) is 28.7 Å². The molecule has 1 aromatic carbocycles. The van der Waals surface area contributed by atoms with Gasteiger partial charge in [0.1, 0.15) is 5.75 Å². The lowest BCUT2D eigenvalue weighted by atomic mass is 10.2. The summed E-state index contributed by atoms with van der Waals surface area (Å²) in [5, 5.41) is 0.468. The topological polar surface area (TPSA) is 76.0 Å². The molecule has 2 fully saturated rings. The lowest BCUT2D eigenvalue weighted by Gasteiger charge is -2.26. The van der Waals surface area contributed by atoms with Crippen molar-refractivity contribution in [3.8, 4) is 5.75 Å². The highest BCUT2D eigenvalue weighted by Gasteiger charge is 2.49. The van der Waals surface area contributed by atoms with Gasteiger partial charge in [0.15, 0.2) is 15.0 Å². The van der Waals surface area contributed by atoms with E-state index in [0.717, 1.165) is 12.1 Å². The molecular formula is C16H20N2O4S2. The molecule has 8 heteroatoms. The van der Waals surface area contributed by atoms with Crippen LogP contribution in [0.25, 0.3) is 0 Å². The lowest BCUT2D eigenvalue weighted by Crippen LogP contribution is -2.38. The van der Waals surface area contributed by atoms with Crippen molar-refractivity contribution in [2.24, 2.45) is 4.99 Å². The summed E-state index contributed by atoms with van der Waals surface area (Å²) in [6, 6.07) is 7.19. The van der Waals surface area contributed by atoms with Crippen LogP contribution in [0.15, 0.2) is 29.3 Å². The molecule has 0 radical (unpaired) electrons. The largest absolute Gasteiger partial charge is 0.495 e. The van der Waals surface area contributed by atoms with E-state index in [2.05, 4.69) is 4.99 Å². The van der Waals surface area contributed by atoms with Gasteiger partial charge in [-0.3, -0.25) is 4.79 Å². The number of thioether (sulfide) groups is 1. The summed E-state index contributed by atoms with van der Waals surface area (Å²) in [7, 11) is -1.50. The molecule has 2 atom stereocenters. The van der Waals surface area contributed by atoms with Crippen LogP contribution in [0.2, 0.25) is 0 Å². The summed E-state index contributed by atoms with van der Waals surface area (Å²) in [5.41, 5.74) is 0.750. The summed E-state index contributed by atoms with van der Waals surface area (Å²) in [6.07, 6.45) is 1.12. The van der Waals surface area contributed by atoms with Crippen molar-refractivity contribution in [1.29, 1.82) is 0 Å². The van der Waals surface area contributed by atoms with Crippen molar-refractivity contribution in [3.05, 3.63) is 24.3 Å². The third-order valence-corrected chi connectivity index (χ3v) is 7.31. The van der Waals surface area contributed by atoms with Crippen molar-refractivity contribution in [2.75, 3.05) is 23.5 Å². The number of hydrogen-bond donors (Lipinski definition) is 0. The molecule has 6 nitrogen and oxygen atoms in total. The second-order valence-corrected chi connectivity index (χ2v) is 9.24. The predicted octanol–water partition coefficient (Wildman–Crippen LogP) is 2.10. The van der Waals surface area contributed by atoms with E-state index in [1.165, 1.54) is 11.8 Å². The number of hydrogen-bond acceptors (Lipinski definition) is 5. The van der Waals surface area contributed by atoms with Gasteiger partial charge in [-0.25, -0.2) is 8.42 Å². The molecule has 3 rings (SSSR count). The van der Waals surface area contributed by atoms with Gasteiger partial charge in [0.2, 0.25) is 5.91 Å². The van der Waals surface area contributed by atoms with E-state index >= 15 is 0 Å². The minimum Gasteiger partial charge on any atom is -0.495 e. The van der Waals surface area contributed by atoms with Gasteiger partial charge >= 0.3 is 0 Å². The fourth-order valence-electron chi connectivity index (χ4n) is 3.05. The quantitative estimate of drug-likeness (QED) is 0.810. The zero-order valence-electron chi connectivity index (χ0n) is 13.6. The Hall–Kier alpha value is -1.54. The Morgan fingerprint density at radius 3 is 2.83 bits per heavy atom. The van der Waals surface area contributed by atoms with E-state index in [1.54, 1.807) is 7.11 Å². The third-order valence-electron chi connectivity index (χ3n) is 4.10. The number of fused-ring (bicyclic) bond motifs is 1. The third kappa shape index (κ3) is 3.30. The van der Waals surface area contributed by atoms with Gasteiger partial charge in [-0.05, 0) is 18.6 Å². The first kappa shape index (κ1) is 17.3. The number of benzene rings is 1. The Kier molecular flexibility index (Phi) is 4.87. The van der Waals surface area contributed by atoms with Gasteiger partial charge in [0.05, 0.1) is 30.3 Å². The second kappa shape index (κ2) is 6.76. The first-order valence-electron chi connectivity index (χ1n) is 7.86. The van der Waals surface area contributed by atoms with Crippen LogP contribution in [0.3, 0.4) is 0 Å². The number of methoxy groups -OCH3 is 1. The number of para-hydroxylation sites is 2. The summed E-state index contributed by atoms with van der Waals surface area (Å²) in [5.74, 6) is 0.653. The zero-order valence-corrected chi connectivity index (χ0v) is 15.3. The SMILES string of the molecule is CCCC(=O)N=C1S[C@@H]2CS(=O)(=O)C[C@@H]2N1c1ccccc1OC. The Labute approximate surface area is 146 Å². The van der Waals surface area contributed by atoms with E-state index in [9.17, 15) is 13.2 Å². The lowest BCUT2D eigenvalue weighted by molar-refractivity contribution is -0.117. The molecule has 0 aromatic heterocycles. The Morgan fingerprint density at radius 1 is 1.38 bits per heavy atom. The molecule has 24 heavy (non-hydrogen) atoms. The molecule has 0 unspecified atom stereocenters. The van der Waals surface area contributed by atoms with Crippen LogP contribution >= 0.6 is 11.8 Å². The number of aliphatic imine (C=N–C) groups is 1. The number of sulfone groups is 1. The number of carbonyl (C=O) groups is 1. The molecule has 0 bridgehead atoms. The minimum atomic E-state index is -3.07. The number of amides is 1. The van der Waals surface area contributed by atoms with E-state index in [4.69, 9.17) is 4.74 Å². The van der Waals surface area contributed by atoms with Crippen molar-refractivity contribution >= 4 is 38.4 Å². The molecule has 2 saturated heterocycles. The van der Waals surface area contributed by atoms with E-state index in [1.807, 2.05) is 36.1 Å². The van der Waals surface area contributed by atoms with Crippen molar-refractivity contribution in [1.82, 2.24) is 0 Å². The Bertz CT molecular complexity index is 776. The highest BCUT2D eigenvalue weighted by Crippen LogP contribution is 2.43. The van der Waals surface area contributed by atoms with Crippen LogP contribution in [0, 0.1) is 0 Å². The Morgan fingerprint density at radius 2 is 2.12 bits per heavy atom. The summed E-state index contributed by atoms with van der Waals surface area (Å²) >= 11 is 1.38. The molecule has 2 heterocycles.